The van der Waals surface area contributed by atoms with E-state index in [1.807, 2.05) is 0 Å². The van der Waals surface area contributed by atoms with Crippen LogP contribution in [0, 0.1) is 16.7 Å². The number of hydrogen-bond donors (Lipinski definition) is 3. The Kier molecular flexibility index (Phi) is 3.53. The minimum Gasteiger partial charge on any atom is -0.472 e. The summed E-state index contributed by atoms with van der Waals surface area (Å²) in [4.78, 5) is 12.5. The van der Waals surface area contributed by atoms with E-state index in [9.17, 15) is 20.1 Å². The molecule has 1 saturated carbocycles. The van der Waals surface area contributed by atoms with Gasteiger partial charge >= 0.3 is 5.97 Å². The van der Waals surface area contributed by atoms with E-state index in [1.165, 1.54) is 12.5 Å². The Morgan fingerprint density at radius 1 is 1.37 bits per heavy atom. The van der Waals surface area contributed by atoms with Crippen LogP contribution in [0.15, 0.2) is 46.8 Å². The second-order valence-electron chi connectivity index (χ2n) is 8.16. The summed E-state index contributed by atoms with van der Waals surface area (Å²) in [5, 5.41) is 32.2. The zero-order valence-electron chi connectivity index (χ0n) is 14.7. The molecule has 0 radical (unpaired) electrons. The fourth-order valence-corrected chi connectivity index (χ4v) is 5.84. The zero-order valence-corrected chi connectivity index (χ0v) is 14.7. The van der Waals surface area contributed by atoms with Gasteiger partial charge in [0.25, 0.3) is 0 Å². The first-order chi connectivity index (χ1) is 12.9. The highest BCUT2D eigenvalue weighted by atomic mass is 16.6. The van der Waals surface area contributed by atoms with Gasteiger partial charge in [0.05, 0.1) is 36.8 Å². The Bertz CT molecular complexity index is 827. The monoisotopic (exact) mass is 374 g/mol. The van der Waals surface area contributed by atoms with Crippen molar-refractivity contribution in [3.63, 3.8) is 0 Å². The summed E-state index contributed by atoms with van der Waals surface area (Å²) in [5.74, 6) is -0.772. The second kappa shape index (κ2) is 5.54. The Balaban J connectivity index is 1.64. The van der Waals surface area contributed by atoms with Gasteiger partial charge in [-0.15, -0.1) is 0 Å². The number of hydrogen-bond acceptors (Lipinski definition) is 7. The maximum atomic E-state index is 12.5. The van der Waals surface area contributed by atoms with Crippen molar-refractivity contribution in [1.82, 2.24) is 0 Å². The van der Waals surface area contributed by atoms with Crippen LogP contribution in [-0.2, 0) is 14.3 Å². The number of aliphatic hydroxyl groups is 3. The lowest BCUT2D eigenvalue weighted by Crippen LogP contribution is -2.66. The molecule has 1 spiro atoms. The van der Waals surface area contributed by atoms with Crippen molar-refractivity contribution in [3.05, 3.63) is 48.0 Å². The Labute approximate surface area is 155 Å². The van der Waals surface area contributed by atoms with Gasteiger partial charge in [-0.05, 0) is 30.9 Å². The number of furan rings is 1. The molecule has 1 unspecified atom stereocenters. The van der Waals surface area contributed by atoms with E-state index in [2.05, 4.69) is 6.58 Å². The van der Waals surface area contributed by atoms with Gasteiger partial charge in [-0.3, -0.25) is 0 Å². The SMILES string of the molecule is C=C1CC2OC(=O)C3=C[C@@H](O)C[C@H]4[C@]1(C[C@@H](O)c1ccoc1)[C@H](O)OC[C@]324. The molecular weight excluding hydrogens is 352 g/mol. The maximum Gasteiger partial charge on any atom is 0.334 e. The maximum absolute atomic E-state index is 12.5. The number of carbonyl (C=O) groups is 1. The van der Waals surface area contributed by atoms with Gasteiger partial charge in [0.1, 0.15) is 6.10 Å². The minimum absolute atomic E-state index is 0.143. The van der Waals surface area contributed by atoms with E-state index in [0.29, 0.717) is 29.6 Å². The highest BCUT2D eigenvalue weighted by Gasteiger charge is 2.72. The molecule has 7 nitrogen and oxygen atoms in total. The Morgan fingerprint density at radius 2 is 2.19 bits per heavy atom. The Hall–Kier alpha value is -1.93. The smallest absolute Gasteiger partial charge is 0.334 e. The lowest BCUT2D eigenvalue weighted by Gasteiger charge is -2.62. The molecule has 2 aliphatic heterocycles. The highest BCUT2D eigenvalue weighted by molar-refractivity contribution is 5.93. The molecule has 3 heterocycles. The van der Waals surface area contributed by atoms with Crippen molar-refractivity contribution < 1.29 is 34.0 Å². The van der Waals surface area contributed by atoms with Crippen LogP contribution in [0.3, 0.4) is 0 Å². The van der Waals surface area contributed by atoms with Crippen molar-refractivity contribution >= 4 is 5.97 Å². The predicted molar refractivity (Wildman–Crippen MR) is 90.9 cm³/mol. The molecule has 3 N–H and O–H groups in total. The Morgan fingerprint density at radius 3 is 2.93 bits per heavy atom. The summed E-state index contributed by atoms with van der Waals surface area (Å²) in [6, 6.07) is 1.67. The fourth-order valence-electron chi connectivity index (χ4n) is 5.84. The molecule has 2 saturated heterocycles. The minimum atomic E-state index is -1.19. The molecule has 3 fully saturated rings. The molecule has 7 atom stereocenters. The molecule has 7 heteroatoms. The van der Waals surface area contributed by atoms with Gasteiger partial charge in [0.2, 0.25) is 0 Å². The van der Waals surface area contributed by atoms with Crippen LogP contribution in [0.4, 0.5) is 0 Å². The van der Waals surface area contributed by atoms with Crippen LogP contribution in [0.2, 0.25) is 0 Å². The third kappa shape index (κ3) is 2.03. The summed E-state index contributed by atoms with van der Waals surface area (Å²) < 4.78 is 16.5. The average molecular weight is 374 g/mol. The van der Waals surface area contributed by atoms with Crippen LogP contribution >= 0.6 is 0 Å². The molecule has 2 aliphatic carbocycles. The molecule has 144 valence electrons. The van der Waals surface area contributed by atoms with Crippen LogP contribution in [-0.4, -0.2) is 46.4 Å². The average Bonchev–Trinajstić information content (AvgIpc) is 3.24. The molecule has 27 heavy (non-hydrogen) atoms. The second-order valence-corrected chi connectivity index (χ2v) is 8.16. The third-order valence-corrected chi connectivity index (χ3v) is 7.09. The summed E-state index contributed by atoms with van der Waals surface area (Å²) in [5.41, 5.74) is -0.0342. The molecule has 2 bridgehead atoms. The molecule has 5 rings (SSSR count). The lowest BCUT2D eigenvalue weighted by molar-refractivity contribution is -0.284. The largest absolute Gasteiger partial charge is 0.472 e. The van der Waals surface area contributed by atoms with E-state index in [-0.39, 0.29) is 18.9 Å². The topological polar surface area (TPSA) is 109 Å². The van der Waals surface area contributed by atoms with Crippen molar-refractivity contribution in [2.45, 2.75) is 43.9 Å². The molecule has 0 aromatic carbocycles. The van der Waals surface area contributed by atoms with Crippen molar-refractivity contribution in [2.24, 2.45) is 16.7 Å². The third-order valence-electron chi connectivity index (χ3n) is 7.09. The molecule has 4 aliphatic rings. The van der Waals surface area contributed by atoms with Gasteiger partial charge < -0.3 is 29.2 Å². The van der Waals surface area contributed by atoms with E-state index in [4.69, 9.17) is 13.9 Å². The van der Waals surface area contributed by atoms with Crippen LogP contribution in [0.5, 0.6) is 0 Å². The van der Waals surface area contributed by atoms with Crippen molar-refractivity contribution in [2.75, 3.05) is 6.61 Å². The first kappa shape index (κ1) is 17.2. The molecule has 0 amide bonds. The summed E-state index contributed by atoms with van der Waals surface area (Å²) in [7, 11) is 0. The summed E-state index contributed by atoms with van der Waals surface area (Å²) >= 11 is 0. The number of rotatable bonds is 3. The van der Waals surface area contributed by atoms with Gasteiger partial charge in [0.15, 0.2) is 6.29 Å². The van der Waals surface area contributed by atoms with Gasteiger partial charge in [0, 0.05) is 23.0 Å². The highest BCUT2D eigenvalue weighted by Crippen LogP contribution is 2.68. The molecule has 1 aromatic rings. The van der Waals surface area contributed by atoms with Crippen LogP contribution in [0.1, 0.15) is 30.9 Å². The first-order valence-electron chi connectivity index (χ1n) is 9.19. The van der Waals surface area contributed by atoms with Crippen LogP contribution in [0.25, 0.3) is 0 Å². The zero-order chi connectivity index (χ0) is 19.0. The van der Waals surface area contributed by atoms with E-state index >= 15 is 0 Å². The van der Waals surface area contributed by atoms with Crippen molar-refractivity contribution in [1.29, 1.82) is 0 Å². The predicted octanol–water partition coefficient (Wildman–Crippen LogP) is 1.22. The molecule has 1 aromatic heterocycles. The van der Waals surface area contributed by atoms with Crippen LogP contribution < -0.4 is 0 Å². The number of aliphatic hydroxyl groups excluding tert-OH is 3. The summed E-state index contributed by atoms with van der Waals surface area (Å²) in [6.07, 6.45) is 2.05. The number of carbonyl (C=O) groups excluding carboxylic acids is 1. The van der Waals surface area contributed by atoms with Crippen molar-refractivity contribution in [3.8, 4) is 0 Å². The first-order valence-corrected chi connectivity index (χ1v) is 9.19. The number of ether oxygens (including phenoxy) is 2. The fraction of sp³-hybridized carbons (Fsp3) is 0.550. The summed E-state index contributed by atoms with van der Waals surface area (Å²) in [6.45, 7) is 4.32. The lowest BCUT2D eigenvalue weighted by atomic mass is 9.45. The van der Waals surface area contributed by atoms with Gasteiger partial charge in [-0.25, -0.2) is 4.79 Å². The van der Waals surface area contributed by atoms with Gasteiger partial charge in [-0.1, -0.05) is 12.2 Å². The standard InChI is InChI=1S/C20H22O7/c1-10-4-16-20-9-26-18(24)19(10,7-14(22)11-2-3-25-8-11)15(20)6-12(21)5-13(20)17(23)27-16/h2-3,5,8,12,14-16,18,21-22,24H,1,4,6-7,9H2/t12-,14-,15+,16?,18-,19-,20-/m1/s1. The van der Waals surface area contributed by atoms with Gasteiger partial charge in [-0.2, -0.15) is 0 Å². The quantitative estimate of drug-likeness (QED) is 0.539. The van der Waals surface area contributed by atoms with E-state index < -0.39 is 41.4 Å². The van der Waals surface area contributed by atoms with E-state index in [0.717, 1.165) is 0 Å². The van der Waals surface area contributed by atoms with E-state index in [1.54, 1.807) is 12.1 Å². The number of esters is 1. The normalized spacial score (nSPS) is 43.7. The molecular formula is C20H22O7.